The van der Waals surface area contributed by atoms with Crippen LogP contribution >= 0.6 is 0 Å². The van der Waals surface area contributed by atoms with E-state index in [1.807, 2.05) is 6.07 Å². The number of aromatic nitrogens is 1. The number of nitrogen functional groups attached to an aromatic ring is 1. The van der Waals surface area contributed by atoms with E-state index in [4.69, 9.17) is 10.3 Å². The van der Waals surface area contributed by atoms with Crippen molar-refractivity contribution in [3.8, 4) is 0 Å². The Morgan fingerprint density at radius 3 is 2.73 bits per heavy atom. The van der Waals surface area contributed by atoms with Crippen molar-refractivity contribution in [3.05, 3.63) is 11.8 Å². The molecule has 3 heteroatoms. The van der Waals surface area contributed by atoms with Crippen molar-refractivity contribution in [2.24, 2.45) is 0 Å². The normalized spacial score (nSPS) is 21.2. The maximum atomic E-state index is 5.42. The lowest BCUT2D eigenvalue weighted by atomic mass is 9.68. The molecular formula is C8H12N2O. The lowest BCUT2D eigenvalue weighted by molar-refractivity contribution is 0.251. The predicted molar refractivity (Wildman–Crippen MR) is 42.1 cm³/mol. The van der Waals surface area contributed by atoms with Crippen molar-refractivity contribution >= 4 is 5.88 Å². The smallest absolute Gasteiger partial charge is 0.222 e. The Balaban J connectivity index is 2.28. The molecule has 1 aliphatic carbocycles. The second kappa shape index (κ2) is 2.00. The van der Waals surface area contributed by atoms with Crippen LogP contribution in [0, 0.1) is 0 Å². The average Bonchev–Trinajstić information content (AvgIpc) is 2.31. The Labute approximate surface area is 65.6 Å². The molecule has 0 spiro atoms. The summed E-state index contributed by atoms with van der Waals surface area (Å²) in [7, 11) is 0. The van der Waals surface area contributed by atoms with Crippen molar-refractivity contribution in [2.75, 3.05) is 5.73 Å². The zero-order chi connectivity index (χ0) is 7.90. The van der Waals surface area contributed by atoms with Crippen LogP contribution in [0.2, 0.25) is 0 Å². The first-order valence-electron chi connectivity index (χ1n) is 3.93. The van der Waals surface area contributed by atoms with Gasteiger partial charge in [-0.25, -0.2) is 0 Å². The maximum Gasteiger partial charge on any atom is 0.222 e. The molecule has 1 heterocycles. The summed E-state index contributed by atoms with van der Waals surface area (Å²) in [5.74, 6) is 0.424. The lowest BCUT2D eigenvalue weighted by Gasteiger charge is -2.35. The molecule has 0 radical (unpaired) electrons. The molecule has 0 amide bonds. The van der Waals surface area contributed by atoms with Gasteiger partial charge in [0.05, 0.1) is 5.69 Å². The Hall–Kier alpha value is -0.990. The summed E-state index contributed by atoms with van der Waals surface area (Å²) in [6.07, 6.45) is 3.71. The predicted octanol–water partition coefficient (Wildman–Crippen LogP) is 1.70. The van der Waals surface area contributed by atoms with Gasteiger partial charge >= 0.3 is 0 Å². The number of rotatable bonds is 1. The van der Waals surface area contributed by atoms with Gasteiger partial charge < -0.3 is 10.3 Å². The highest BCUT2D eigenvalue weighted by molar-refractivity contribution is 5.30. The van der Waals surface area contributed by atoms with E-state index >= 15 is 0 Å². The Kier molecular flexibility index (Phi) is 1.22. The van der Waals surface area contributed by atoms with E-state index in [1.54, 1.807) is 0 Å². The third-order valence-electron chi connectivity index (χ3n) is 2.60. The minimum absolute atomic E-state index is 0.251. The number of hydrogen-bond acceptors (Lipinski definition) is 3. The van der Waals surface area contributed by atoms with Gasteiger partial charge in [-0.2, -0.15) is 0 Å². The molecule has 0 aromatic carbocycles. The largest absolute Gasteiger partial charge is 0.368 e. The highest BCUT2D eigenvalue weighted by atomic mass is 16.5. The lowest BCUT2D eigenvalue weighted by Crippen LogP contribution is -2.30. The molecule has 0 atom stereocenters. The topological polar surface area (TPSA) is 52.0 Å². The van der Waals surface area contributed by atoms with Gasteiger partial charge in [-0.15, -0.1) is 0 Å². The van der Waals surface area contributed by atoms with Crippen LogP contribution in [0.1, 0.15) is 31.9 Å². The summed E-state index contributed by atoms with van der Waals surface area (Å²) in [5, 5.41) is 3.91. The Bertz CT molecular complexity index is 263. The average molecular weight is 152 g/mol. The molecule has 60 valence electrons. The molecule has 1 aliphatic rings. The summed E-state index contributed by atoms with van der Waals surface area (Å²) < 4.78 is 4.81. The second-order valence-electron chi connectivity index (χ2n) is 3.53. The number of nitrogens with zero attached hydrogens (tertiary/aromatic N) is 1. The second-order valence-corrected chi connectivity index (χ2v) is 3.53. The molecule has 0 unspecified atom stereocenters. The number of anilines is 1. The fourth-order valence-corrected chi connectivity index (χ4v) is 1.54. The summed E-state index contributed by atoms with van der Waals surface area (Å²) in [4.78, 5) is 0. The van der Waals surface area contributed by atoms with Crippen LogP contribution in [-0.4, -0.2) is 5.16 Å². The van der Waals surface area contributed by atoms with E-state index in [0.29, 0.717) is 5.88 Å². The summed E-state index contributed by atoms with van der Waals surface area (Å²) >= 11 is 0. The Morgan fingerprint density at radius 1 is 1.64 bits per heavy atom. The maximum absolute atomic E-state index is 5.42. The minimum Gasteiger partial charge on any atom is -0.368 e. The molecule has 1 aromatic heterocycles. The van der Waals surface area contributed by atoms with E-state index in [-0.39, 0.29) is 5.41 Å². The molecule has 3 nitrogen and oxygen atoms in total. The quantitative estimate of drug-likeness (QED) is 0.666. The van der Waals surface area contributed by atoms with Gasteiger partial charge in [0.25, 0.3) is 0 Å². The van der Waals surface area contributed by atoms with Crippen LogP contribution in [0.25, 0.3) is 0 Å². The number of nitrogens with two attached hydrogens (primary N) is 1. The van der Waals surface area contributed by atoms with E-state index in [1.165, 1.54) is 19.3 Å². The van der Waals surface area contributed by atoms with E-state index in [0.717, 1.165) is 5.69 Å². The standard InChI is InChI=1S/C8H12N2O/c1-8(3-2-4-8)6-5-7(9)11-10-6/h5H,2-4,9H2,1H3. The molecule has 0 bridgehead atoms. The molecule has 0 aliphatic heterocycles. The monoisotopic (exact) mass is 152 g/mol. The van der Waals surface area contributed by atoms with Crippen LogP contribution in [0.4, 0.5) is 5.88 Å². The fraction of sp³-hybridized carbons (Fsp3) is 0.625. The van der Waals surface area contributed by atoms with Crippen molar-refractivity contribution < 1.29 is 4.52 Å². The Morgan fingerprint density at radius 2 is 2.36 bits per heavy atom. The van der Waals surface area contributed by atoms with Crippen molar-refractivity contribution in [1.82, 2.24) is 5.16 Å². The van der Waals surface area contributed by atoms with Crippen LogP contribution in [0.5, 0.6) is 0 Å². The highest BCUT2D eigenvalue weighted by Gasteiger charge is 2.36. The van der Waals surface area contributed by atoms with Crippen LogP contribution < -0.4 is 5.73 Å². The first-order chi connectivity index (χ1) is 5.21. The third-order valence-corrected chi connectivity index (χ3v) is 2.60. The first-order valence-corrected chi connectivity index (χ1v) is 3.93. The summed E-state index contributed by atoms with van der Waals surface area (Å²) in [6.45, 7) is 2.20. The van der Waals surface area contributed by atoms with E-state index in [9.17, 15) is 0 Å². The fourth-order valence-electron chi connectivity index (χ4n) is 1.54. The van der Waals surface area contributed by atoms with Crippen molar-refractivity contribution in [1.29, 1.82) is 0 Å². The third kappa shape index (κ3) is 0.914. The first kappa shape index (κ1) is 6.70. The molecule has 2 N–H and O–H groups in total. The van der Waals surface area contributed by atoms with Gasteiger partial charge in [0.1, 0.15) is 0 Å². The van der Waals surface area contributed by atoms with Crippen LogP contribution in [0.15, 0.2) is 10.6 Å². The van der Waals surface area contributed by atoms with Gasteiger partial charge in [-0.05, 0) is 12.8 Å². The molecule has 11 heavy (non-hydrogen) atoms. The molecular weight excluding hydrogens is 140 g/mol. The molecule has 1 saturated carbocycles. The summed E-state index contributed by atoms with van der Waals surface area (Å²) in [6, 6.07) is 1.83. The van der Waals surface area contributed by atoms with E-state index in [2.05, 4.69) is 12.1 Å². The molecule has 1 fully saturated rings. The van der Waals surface area contributed by atoms with Crippen molar-refractivity contribution in [3.63, 3.8) is 0 Å². The number of hydrogen-bond donors (Lipinski definition) is 1. The SMILES string of the molecule is CC1(c2cc(N)on2)CCC1. The van der Waals surface area contributed by atoms with Gasteiger partial charge in [-0.3, -0.25) is 0 Å². The summed E-state index contributed by atoms with van der Waals surface area (Å²) in [5.41, 5.74) is 6.69. The van der Waals surface area contributed by atoms with Gasteiger partial charge in [0, 0.05) is 11.5 Å². The zero-order valence-corrected chi connectivity index (χ0v) is 6.63. The van der Waals surface area contributed by atoms with Crippen molar-refractivity contribution in [2.45, 2.75) is 31.6 Å². The van der Waals surface area contributed by atoms with Gasteiger partial charge in [-0.1, -0.05) is 18.5 Å². The van der Waals surface area contributed by atoms with Crippen LogP contribution in [-0.2, 0) is 5.41 Å². The van der Waals surface area contributed by atoms with Gasteiger partial charge in [0.2, 0.25) is 5.88 Å². The van der Waals surface area contributed by atoms with E-state index < -0.39 is 0 Å². The molecule has 1 aromatic rings. The van der Waals surface area contributed by atoms with Gasteiger partial charge in [0.15, 0.2) is 0 Å². The molecule has 0 saturated heterocycles. The zero-order valence-electron chi connectivity index (χ0n) is 6.63. The molecule has 2 rings (SSSR count). The van der Waals surface area contributed by atoms with Crippen LogP contribution in [0.3, 0.4) is 0 Å². The minimum atomic E-state index is 0.251. The highest BCUT2D eigenvalue weighted by Crippen LogP contribution is 2.42.